The topological polar surface area (TPSA) is 46.6 Å². The molecule has 1 aliphatic heterocycles. The van der Waals surface area contributed by atoms with Gasteiger partial charge >= 0.3 is 5.97 Å². The maximum Gasteiger partial charge on any atom is 0.325 e. The van der Waals surface area contributed by atoms with Gasteiger partial charge in [-0.2, -0.15) is 0 Å². The Hall–Kier alpha value is -1.36. The van der Waals surface area contributed by atoms with Crippen molar-refractivity contribution in [2.45, 2.75) is 24.8 Å². The number of carbonyl (C=O) groups is 2. The number of ether oxygens (including phenoxy) is 1. The molecule has 3 rings (SSSR count). The number of nitrogens with zero attached hydrogens (tertiary/aromatic N) is 1. The fourth-order valence-electron chi connectivity index (χ4n) is 2.95. The van der Waals surface area contributed by atoms with Crippen LogP contribution < -0.4 is 0 Å². The van der Waals surface area contributed by atoms with Gasteiger partial charge in [-0.25, -0.2) is 0 Å². The van der Waals surface area contributed by atoms with Crippen LogP contribution in [0.5, 0.6) is 0 Å². The lowest BCUT2D eigenvalue weighted by Gasteiger charge is -2.48. The molecule has 0 bridgehead atoms. The van der Waals surface area contributed by atoms with Crippen LogP contribution in [0.15, 0.2) is 22.7 Å². The molecule has 5 heteroatoms. The molecule has 0 saturated heterocycles. The van der Waals surface area contributed by atoms with Gasteiger partial charge in [0.05, 0.1) is 7.11 Å². The second kappa shape index (κ2) is 4.63. The fraction of sp³-hybridized carbons (Fsp3) is 0.429. The van der Waals surface area contributed by atoms with Crippen LogP contribution in [0.3, 0.4) is 0 Å². The lowest BCUT2D eigenvalue weighted by atomic mass is 9.70. The van der Waals surface area contributed by atoms with E-state index in [1.165, 1.54) is 7.11 Å². The first-order valence-corrected chi connectivity index (χ1v) is 7.08. The SMILES string of the molecule is COC(=O)CN1C(=O)c2ccc(Br)cc2[C@H]2CC[C@H]21. The number of esters is 1. The van der Waals surface area contributed by atoms with Crippen molar-refractivity contribution in [3.05, 3.63) is 33.8 Å². The van der Waals surface area contributed by atoms with Crippen LogP contribution in [0, 0.1) is 0 Å². The lowest BCUT2D eigenvalue weighted by molar-refractivity contribution is -0.142. The van der Waals surface area contributed by atoms with E-state index in [4.69, 9.17) is 0 Å². The van der Waals surface area contributed by atoms with Gasteiger partial charge in [0.25, 0.3) is 5.91 Å². The molecule has 0 radical (unpaired) electrons. The average molecular weight is 324 g/mol. The van der Waals surface area contributed by atoms with Crippen molar-refractivity contribution < 1.29 is 14.3 Å². The van der Waals surface area contributed by atoms with Crippen LogP contribution in [0.25, 0.3) is 0 Å². The highest BCUT2D eigenvalue weighted by atomic mass is 79.9. The molecule has 0 aromatic heterocycles. The standard InChI is InChI=1S/C14H14BrNO3/c1-19-13(17)7-16-12-5-4-9(12)11-6-8(15)2-3-10(11)14(16)18/h2-3,6,9,12H,4-5,7H2,1H3/t9-,12-/m1/s1. The maximum atomic E-state index is 12.5. The summed E-state index contributed by atoms with van der Waals surface area (Å²) in [6, 6.07) is 5.87. The van der Waals surface area contributed by atoms with Gasteiger partial charge in [-0.15, -0.1) is 0 Å². The Bertz CT molecular complexity index is 558. The third-order valence-electron chi connectivity index (χ3n) is 4.07. The van der Waals surface area contributed by atoms with Crippen LogP contribution in [0.4, 0.5) is 0 Å². The summed E-state index contributed by atoms with van der Waals surface area (Å²) in [5.41, 5.74) is 1.82. The van der Waals surface area contributed by atoms with Gasteiger partial charge in [0.2, 0.25) is 0 Å². The summed E-state index contributed by atoms with van der Waals surface area (Å²) >= 11 is 3.45. The Morgan fingerprint density at radius 1 is 1.47 bits per heavy atom. The molecule has 1 heterocycles. The number of fused-ring (bicyclic) bond motifs is 3. The first-order chi connectivity index (χ1) is 9.11. The van der Waals surface area contributed by atoms with Gasteiger partial charge in [0, 0.05) is 22.0 Å². The van der Waals surface area contributed by atoms with Crippen molar-refractivity contribution in [2.24, 2.45) is 0 Å². The minimum atomic E-state index is -0.362. The molecule has 0 spiro atoms. The Morgan fingerprint density at radius 3 is 2.89 bits per heavy atom. The summed E-state index contributed by atoms with van der Waals surface area (Å²) in [4.78, 5) is 25.6. The Kier molecular flexibility index (Phi) is 3.09. The molecule has 2 aliphatic rings. The average Bonchev–Trinajstić information content (AvgIpc) is 2.34. The van der Waals surface area contributed by atoms with Crippen LogP contribution in [-0.4, -0.2) is 36.5 Å². The highest BCUT2D eigenvalue weighted by Gasteiger charge is 2.45. The summed E-state index contributed by atoms with van der Waals surface area (Å²) in [7, 11) is 1.35. The second-order valence-corrected chi connectivity index (χ2v) is 5.91. The van der Waals surface area contributed by atoms with E-state index in [2.05, 4.69) is 20.7 Å². The highest BCUT2D eigenvalue weighted by Crippen LogP contribution is 2.46. The summed E-state index contributed by atoms with van der Waals surface area (Å²) in [6.07, 6.45) is 2.03. The van der Waals surface area contributed by atoms with E-state index in [-0.39, 0.29) is 24.5 Å². The first-order valence-electron chi connectivity index (χ1n) is 6.29. The number of amides is 1. The molecular formula is C14H14BrNO3. The van der Waals surface area contributed by atoms with Crippen molar-refractivity contribution in [2.75, 3.05) is 13.7 Å². The number of methoxy groups -OCH3 is 1. The summed E-state index contributed by atoms with van der Waals surface area (Å²) < 4.78 is 5.67. The van der Waals surface area contributed by atoms with Crippen LogP contribution in [0.2, 0.25) is 0 Å². The van der Waals surface area contributed by atoms with E-state index in [1.807, 2.05) is 18.2 Å². The van der Waals surface area contributed by atoms with Gasteiger partial charge in [0.15, 0.2) is 0 Å². The number of carbonyl (C=O) groups excluding carboxylic acids is 2. The molecule has 0 unspecified atom stereocenters. The highest BCUT2D eigenvalue weighted by molar-refractivity contribution is 9.10. The molecule has 1 saturated carbocycles. The Morgan fingerprint density at radius 2 is 2.26 bits per heavy atom. The second-order valence-electron chi connectivity index (χ2n) is 4.99. The molecule has 100 valence electrons. The van der Waals surface area contributed by atoms with Crippen LogP contribution in [-0.2, 0) is 9.53 Å². The maximum absolute atomic E-state index is 12.5. The number of rotatable bonds is 2. The van der Waals surface area contributed by atoms with Crippen molar-refractivity contribution >= 4 is 27.8 Å². The molecule has 19 heavy (non-hydrogen) atoms. The molecule has 1 aliphatic carbocycles. The number of benzene rings is 1. The molecule has 1 aromatic carbocycles. The van der Waals surface area contributed by atoms with Gasteiger partial charge in [-0.05, 0) is 36.6 Å². The van der Waals surface area contributed by atoms with Crippen molar-refractivity contribution in [3.8, 4) is 0 Å². The lowest BCUT2D eigenvalue weighted by Crippen LogP contribution is -2.54. The summed E-state index contributed by atoms with van der Waals surface area (Å²) in [5.74, 6) is -0.0664. The van der Waals surface area contributed by atoms with E-state index in [0.29, 0.717) is 11.5 Å². The van der Waals surface area contributed by atoms with E-state index < -0.39 is 0 Å². The van der Waals surface area contributed by atoms with Crippen molar-refractivity contribution in [3.63, 3.8) is 0 Å². The fourth-order valence-corrected chi connectivity index (χ4v) is 3.33. The number of halogens is 1. The zero-order valence-electron chi connectivity index (χ0n) is 10.6. The monoisotopic (exact) mass is 323 g/mol. The molecule has 0 N–H and O–H groups in total. The zero-order chi connectivity index (χ0) is 13.6. The molecule has 2 atom stereocenters. The van der Waals surface area contributed by atoms with Crippen molar-refractivity contribution in [1.82, 2.24) is 4.90 Å². The van der Waals surface area contributed by atoms with E-state index >= 15 is 0 Å². The van der Waals surface area contributed by atoms with Crippen LogP contribution in [0.1, 0.15) is 34.7 Å². The first kappa shape index (κ1) is 12.7. The van der Waals surface area contributed by atoms with Gasteiger partial charge in [-0.1, -0.05) is 15.9 Å². The predicted molar refractivity (Wildman–Crippen MR) is 73.0 cm³/mol. The Balaban J connectivity index is 1.97. The molecule has 1 amide bonds. The van der Waals surface area contributed by atoms with E-state index in [9.17, 15) is 9.59 Å². The quantitative estimate of drug-likeness (QED) is 0.785. The van der Waals surface area contributed by atoms with Crippen LogP contribution >= 0.6 is 15.9 Å². The third kappa shape index (κ3) is 1.96. The molecule has 4 nitrogen and oxygen atoms in total. The Labute approximate surface area is 119 Å². The number of hydrogen-bond donors (Lipinski definition) is 0. The smallest absolute Gasteiger partial charge is 0.325 e. The van der Waals surface area contributed by atoms with Crippen molar-refractivity contribution in [1.29, 1.82) is 0 Å². The summed E-state index contributed by atoms with van der Waals surface area (Å²) in [5, 5.41) is 0. The van der Waals surface area contributed by atoms with Gasteiger partial charge in [0.1, 0.15) is 6.54 Å². The van der Waals surface area contributed by atoms with Gasteiger partial charge < -0.3 is 9.64 Å². The number of hydrogen-bond acceptors (Lipinski definition) is 3. The zero-order valence-corrected chi connectivity index (χ0v) is 12.1. The minimum absolute atomic E-state index is 0.0476. The minimum Gasteiger partial charge on any atom is -0.468 e. The third-order valence-corrected chi connectivity index (χ3v) is 4.56. The van der Waals surface area contributed by atoms with E-state index in [0.717, 1.165) is 22.9 Å². The van der Waals surface area contributed by atoms with Gasteiger partial charge in [-0.3, -0.25) is 9.59 Å². The molecular weight excluding hydrogens is 310 g/mol. The summed E-state index contributed by atoms with van der Waals surface area (Å²) in [6.45, 7) is 0.0476. The normalized spacial score (nSPS) is 24.3. The molecule has 1 fully saturated rings. The van der Waals surface area contributed by atoms with E-state index in [1.54, 1.807) is 4.90 Å². The molecule has 1 aromatic rings. The predicted octanol–water partition coefficient (Wildman–Crippen LogP) is 2.32. The largest absolute Gasteiger partial charge is 0.468 e.